The quantitative estimate of drug-likeness (QED) is 0.570. The highest BCUT2D eigenvalue weighted by Crippen LogP contribution is 2.42. The van der Waals surface area contributed by atoms with Crippen LogP contribution in [0, 0.1) is 11.7 Å². The minimum absolute atomic E-state index is 0.101. The summed E-state index contributed by atoms with van der Waals surface area (Å²) in [4.78, 5) is 13.6. The van der Waals surface area contributed by atoms with Crippen molar-refractivity contribution in [3.63, 3.8) is 0 Å². The van der Waals surface area contributed by atoms with E-state index in [9.17, 15) is 19.4 Å². The Morgan fingerprint density at radius 2 is 1.94 bits per heavy atom. The van der Waals surface area contributed by atoms with Crippen molar-refractivity contribution in [2.75, 3.05) is 18.5 Å². The topological polar surface area (TPSA) is 82.0 Å². The van der Waals surface area contributed by atoms with Crippen molar-refractivity contribution in [3.8, 4) is 0 Å². The lowest BCUT2D eigenvalue weighted by Crippen LogP contribution is -2.65. The average molecular weight is 457 g/mol. The Morgan fingerprint density at radius 1 is 1.21 bits per heavy atom. The molecule has 0 spiro atoms. The molecule has 7 heteroatoms. The number of hydrogen-bond donors (Lipinski definition) is 3. The van der Waals surface area contributed by atoms with Crippen LogP contribution in [0.1, 0.15) is 38.2 Å². The van der Waals surface area contributed by atoms with E-state index in [1.165, 1.54) is 17.0 Å². The van der Waals surface area contributed by atoms with Crippen molar-refractivity contribution in [1.29, 1.82) is 0 Å². The molecular formula is C26H33FN2O4. The van der Waals surface area contributed by atoms with Crippen LogP contribution in [0.15, 0.2) is 54.6 Å². The average Bonchev–Trinajstić information content (AvgIpc) is 2.80. The number of hydrogen-bond acceptors (Lipinski definition) is 4. The fourth-order valence-electron chi connectivity index (χ4n) is 5.45. The van der Waals surface area contributed by atoms with Crippen molar-refractivity contribution in [2.45, 2.75) is 62.8 Å². The van der Waals surface area contributed by atoms with Gasteiger partial charge in [0.2, 0.25) is 0 Å². The van der Waals surface area contributed by atoms with Crippen molar-refractivity contribution in [3.05, 3.63) is 66.0 Å². The maximum Gasteiger partial charge on any atom is 0.407 e. The van der Waals surface area contributed by atoms with Crippen molar-refractivity contribution in [2.24, 2.45) is 5.92 Å². The molecular weight excluding hydrogens is 423 g/mol. The molecule has 33 heavy (non-hydrogen) atoms. The normalized spacial score (nSPS) is 27.9. The lowest BCUT2D eigenvalue weighted by atomic mass is 9.68. The lowest BCUT2D eigenvalue weighted by molar-refractivity contribution is -0.192. The van der Waals surface area contributed by atoms with Gasteiger partial charge in [0.1, 0.15) is 11.4 Å². The van der Waals surface area contributed by atoms with Crippen molar-refractivity contribution < 1.29 is 24.1 Å². The summed E-state index contributed by atoms with van der Waals surface area (Å²) >= 11 is 0. The van der Waals surface area contributed by atoms with Crippen LogP contribution in [0.3, 0.4) is 0 Å². The monoisotopic (exact) mass is 456 g/mol. The predicted octanol–water partition coefficient (Wildman–Crippen LogP) is 4.54. The molecule has 2 fully saturated rings. The Hall–Kier alpha value is -2.64. The molecule has 6 nitrogen and oxygen atoms in total. The maximum absolute atomic E-state index is 13.3. The van der Waals surface area contributed by atoms with Gasteiger partial charge in [0.15, 0.2) is 0 Å². The van der Waals surface area contributed by atoms with Gasteiger partial charge >= 0.3 is 6.09 Å². The number of carbonyl (C=O) groups is 1. The first-order valence-electron chi connectivity index (χ1n) is 11.8. The molecule has 1 heterocycles. The highest BCUT2D eigenvalue weighted by atomic mass is 19.1. The molecule has 0 bridgehead atoms. The lowest BCUT2D eigenvalue weighted by Gasteiger charge is -2.52. The van der Waals surface area contributed by atoms with Gasteiger partial charge < -0.3 is 25.2 Å². The molecule has 2 aliphatic rings. The SMILES string of the molecule is CC(Cc1ccccc1)N(C[C@@H]1CC[C@H](Nc2ccc(F)cc2)[C@]2(O)CCCO[C@H]12)C(=O)O. The molecule has 0 aromatic heterocycles. The maximum atomic E-state index is 13.3. The number of aliphatic hydroxyl groups is 1. The van der Waals surface area contributed by atoms with Gasteiger partial charge in [0.05, 0.1) is 12.1 Å². The number of benzene rings is 2. The number of halogens is 1. The molecule has 2 aromatic rings. The number of anilines is 1. The van der Waals surface area contributed by atoms with Gasteiger partial charge in [0.25, 0.3) is 0 Å². The molecule has 3 N–H and O–H groups in total. The molecule has 1 saturated carbocycles. The van der Waals surface area contributed by atoms with Crippen LogP contribution in [-0.2, 0) is 11.2 Å². The minimum Gasteiger partial charge on any atom is -0.465 e. The van der Waals surface area contributed by atoms with Crippen LogP contribution in [0.4, 0.5) is 14.9 Å². The van der Waals surface area contributed by atoms with E-state index in [4.69, 9.17) is 4.74 Å². The number of ether oxygens (including phenoxy) is 1. The summed E-state index contributed by atoms with van der Waals surface area (Å²) in [7, 11) is 0. The zero-order valence-electron chi connectivity index (χ0n) is 19.0. The highest BCUT2D eigenvalue weighted by molar-refractivity contribution is 5.65. The van der Waals surface area contributed by atoms with E-state index in [0.717, 1.165) is 24.1 Å². The largest absolute Gasteiger partial charge is 0.465 e. The van der Waals surface area contributed by atoms with E-state index in [-0.39, 0.29) is 23.8 Å². The summed E-state index contributed by atoms with van der Waals surface area (Å²) < 4.78 is 19.4. The Balaban J connectivity index is 1.48. The first-order chi connectivity index (χ1) is 15.9. The van der Waals surface area contributed by atoms with Gasteiger partial charge in [-0.05, 0) is 68.9 Å². The third kappa shape index (κ3) is 5.31. The fraction of sp³-hybridized carbons (Fsp3) is 0.500. The molecule has 1 amide bonds. The van der Waals surface area contributed by atoms with E-state index in [0.29, 0.717) is 32.4 Å². The Morgan fingerprint density at radius 3 is 2.64 bits per heavy atom. The van der Waals surface area contributed by atoms with Crippen LogP contribution in [-0.4, -0.2) is 58.1 Å². The Kier molecular flexibility index (Phi) is 7.20. The molecule has 5 atom stereocenters. The second-order valence-corrected chi connectivity index (χ2v) is 9.40. The van der Waals surface area contributed by atoms with Crippen LogP contribution >= 0.6 is 0 Å². The summed E-state index contributed by atoms with van der Waals surface area (Å²) in [5.74, 6) is -0.406. The van der Waals surface area contributed by atoms with Gasteiger partial charge in [0, 0.05) is 30.8 Å². The summed E-state index contributed by atoms with van der Waals surface area (Å²) in [6.07, 6.45) is 1.96. The van der Waals surface area contributed by atoms with Gasteiger partial charge in [-0.2, -0.15) is 0 Å². The summed E-state index contributed by atoms with van der Waals surface area (Å²) in [5, 5.41) is 25.1. The molecule has 2 aromatic carbocycles. The number of carboxylic acid groups (broad SMARTS) is 1. The van der Waals surface area contributed by atoms with Gasteiger partial charge in [-0.3, -0.25) is 0 Å². The zero-order valence-corrected chi connectivity index (χ0v) is 19.0. The van der Waals surface area contributed by atoms with Gasteiger partial charge in [-0.1, -0.05) is 30.3 Å². The smallest absolute Gasteiger partial charge is 0.407 e. The third-order valence-corrected chi connectivity index (χ3v) is 7.14. The number of fused-ring (bicyclic) bond motifs is 1. The van der Waals surface area contributed by atoms with Gasteiger partial charge in [-0.25, -0.2) is 9.18 Å². The number of rotatable bonds is 7. The predicted molar refractivity (Wildman–Crippen MR) is 125 cm³/mol. The summed E-state index contributed by atoms with van der Waals surface area (Å²) in [5.41, 5.74) is 0.734. The third-order valence-electron chi connectivity index (χ3n) is 7.14. The first kappa shape index (κ1) is 23.5. The van der Waals surface area contributed by atoms with E-state index in [2.05, 4.69) is 5.32 Å². The van der Waals surface area contributed by atoms with E-state index in [1.54, 1.807) is 12.1 Å². The molecule has 1 unspecified atom stereocenters. The van der Waals surface area contributed by atoms with Crippen molar-refractivity contribution >= 4 is 11.8 Å². The summed E-state index contributed by atoms with van der Waals surface area (Å²) in [6, 6.07) is 15.6. The zero-order chi connectivity index (χ0) is 23.4. The Bertz CT molecular complexity index is 926. The van der Waals surface area contributed by atoms with Crippen LogP contribution in [0.2, 0.25) is 0 Å². The van der Waals surface area contributed by atoms with Crippen LogP contribution < -0.4 is 5.32 Å². The second-order valence-electron chi connectivity index (χ2n) is 9.40. The number of nitrogens with one attached hydrogen (secondary N) is 1. The second kappa shape index (κ2) is 10.1. The molecule has 0 radical (unpaired) electrons. The van der Waals surface area contributed by atoms with E-state index < -0.39 is 17.8 Å². The highest BCUT2D eigenvalue weighted by Gasteiger charge is 2.53. The minimum atomic E-state index is -1.11. The van der Waals surface area contributed by atoms with E-state index >= 15 is 0 Å². The Labute approximate surface area is 194 Å². The molecule has 1 aliphatic carbocycles. The van der Waals surface area contributed by atoms with Crippen LogP contribution in [0.25, 0.3) is 0 Å². The van der Waals surface area contributed by atoms with E-state index in [1.807, 2.05) is 37.3 Å². The standard InChI is InChI=1S/C26H33FN2O4/c1-18(16-19-6-3-2-4-7-19)29(25(30)31)17-20-8-13-23(26(32)14-5-15-33-24(20)26)28-22-11-9-21(27)10-12-22/h2-4,6-7,9-12,18,20,23-24,28,32H,5,8,13-17H2,1H3,(H,30,31)/t18?,20-,23-,24+,26+/m0/s1. The molecule has 1 saturated heterocycles. The fourth-order valence-corrected chi connectivity index (χ4v) is 5.45. The van der Waals surface area contributed by atoms with Crippen LogP contribution in [0.5, 0.6) is 0 Å². The van der Waals surface area contributed by atoms with Crippen molar-refractivity contribution in [1.82, 2.24) is 4.90 Å². The first-order valence-corrected chi connectivity index (χ1v) is 11.8. The van der Waals surface area contributed by atoms with Gasteiger partial charge in [-0.15, -0.1) is 0 Å². The molecule has 4 rings (SSSR count). The number of nitrogens with zero attached hydrogens (tertiary/aromatic N) is 1. The molecule has 178 valence electrons. The molecule has 1 aliphatic heterocycles. The summed E-state index contributed by atoms with van der Waals surface area (Å²) in [6.45, 7) is 2.80. The number of amides is 1.